The van der Waals surface area contributed by atoms with Crippen molar-refractivity contribution in [3.05, 3.63) is 100 Å². The lowest BCUT2D eigenvalue weighted by molar-refractivity contribution is -0.384. The van der Waals surface area contributed by atoms with Crippen molar-refractivity contribution in [1.82, 2.24) is 4.98 Å². The summed E-state index contributed by atoms with van der Waals surface area (Å²) in [6, 6.07) is 21.5. The zero-order valence-corrected chi connectivity index (χ0v) is 16.9. The number of para-hydroxylation sites is 2. The van der Waals surface area contributed by atoms with E-state index >= 15 is 0 Å². The van der Waals surface area contributed by atoms with Gasteiger partial charge in [0.05, 0.1) is 20.8 Å². The molecule has 148 valence electrons. The quantitative estimate of drug-likeness (QED) is 0.231. The van der Waals surface area contributed by atoms with E-state index in [4.69, 9.17) is 0 Å². The van der Waals surface area contributed by atoms with Crippen LogP contribution in [0.5, 0.6) is 0 Å². The summed E-state index contributed by atoms with van der Waals surface area (Å²) < 4.78 is 0.988. The Morgan fingerprint density at radius 1 is 1.07 bits per heavy atom. The first kappa shape index (κ1) is 19.5. The Hall–Kier alpha value is -3.84. The Morgan fingerprint density at radius 2 is 1.83 bits per heavy atom. The number of non-ortho nitro benzene ring substituents is 1. The molecule has 4 rings (SSSR count). The maximum absolute atomic E-state index is 13.2. The number of anilines is 2. The normalized spacial score (nSPS) is 11.1. The van der Waals surface area contributed by atoms with E-state index in [9.17, 15) is 14.9 Å². The molecule has 4 aromatic rings. The van der Waals surface area contributed by atoms with Crippen LogP contribution in [0.4, 0.5) is 16.5 Å². The number of aromatic nitrogens is 1. The molecule has 0 aliphatic rings. The van der Waals surface area contributed by atoms with E-state index in [1.807, 2.05) is 55.5 Å². The molecule has 0 radical (unpaired) electrons. The van der Waals surface area contributed by atoms with Crippen molar-refractivity contribution in [3.8, 4) is 0 Å². The highest BCUT2D eigenvalue weighted by Crippen LogP contribution is 2.35. The molecule has 0 N–H and O–H groups in total. The van der Waals surface area contributed by atoms with Gasteiger partial charge < -0.3 is 0 Å². The molecule has 0 spiro atoms. The molecule has 0 saturated heterocycles. The summed E-state index contributed by atoms with van der Waals surface area (Å²) in [4.78, 5) is 30.0. The number of hydrogen-bond acceptors (Lipinski definition) is 5. The zero-order chi connectivity index (χ0) is 21.1. The van der Waals surface area contributed by atoms with Gasteiger partial charge in [-0.3, -0.25) is 19.8 Å². The van der Waals surface area contributed by atoms with Crippen LogP contribution in [-0.4, -0.2) is 15.8 Å². The minimum Gasteiger partial charge on any atom is -0.269 e. The lowest BCUT2D eigenvalue weighted by Gasteiger charge is -2.20. The minimum atomic E-state index is -0.458. The number of hydrogen-bond donors (Lipinski definition) is 0. The smallest absolute Gasteiger partial charge is 0.269 e. The van der Waals surface area contributed by atoms with Gasteiger partial charge in [0.2, 0.25) is 0 Å². The highest BCUT2D eigenvalue weighted by molar-refractivity contribution is 7.22. The average Bonchev–Trinajstić information content (AvgIpc) is 3.17. The first-order valence-corrected chi connectivity index (χ1v) is 10.0. The van der Waals surface area contributed by atoms with E-state index in [1.165, 1.54) is 29.5 Å². The van der Waals surface area contributed by atoms with Crippen molar-refractivity contribution in [1.29, 1.82) is 0 Å². The van der Waals surface area contributed by atoms with Crippen molar-refractivity contribution in [2.75, 3.05) is 4.90 Å². The summed E-state index contributed by atoms with van der Waals surface area (Å²) in [5.74, 6) is -0.283. The molecule has 3 aromatic carbocycles. The number of nitro benzene ring substituents is 1. The molecule has 30 heavy (non-hydrogen) atoms. The SMILES string of the molecule is Cc1ccccc1N(C(=O)/C=C/c1cccc([N+](=O)[O-])c1)c1nc2ccccc2s1. The van der Waals surface area contributed by atoms with Crippen LogP contribution in [-0.2, 0) is 4.79 Å². The van der Waals surface area contributed by atoms with Gasteiger partial charge in [-0.05, 0) is 42.3 Å². The molecule has 1 aromatic heterocycles. The Morgan fingerprint density at radius 3 is 2.60 bits per heavy atom. The van der Waals surface area contributed by atoms with Crippen LogP contribution in [0, 0.1) is 17.0 Å². The van der Waals surface area contributed by atoms with E-state index in [0.717, 1.165) is 21.5 Å². The van der Waals surface area contributed by atoms with Crippen molar-refractivity contribution in [2.45, 2.75) is 6.92 Å². The molecule has 6 nitrogen and oxygen atoms in total. The molecule has 0 unspecified atom stereocenters. The van der Waals surface area contributed by atoms with Crippen molar-refractivity contribution >= 4 is 50.0 Å². The fraction of sp³-hybridized carbons (Fsp3) is 0.0435. The topological polar surface area (TPSA) is 76.3 Å². The second kappa shape index (κ2) is 8.26. The summed E-state index contributed by atoms with van der Waals surface area (Å²) in [6.07, 6.45) is 2.99. The number of carbonyl (C=O) groups is 1. The molecule has 0 atom stereocenters. The molecule has 0 saturated carbocycles. The number of carbonyl (C=O) groups excluding carboxylic acids is 1. The lowest BCUT2D eigenvalue weighted by atomic mass is 10.1. The Bertz CT molecular complexity index is 1250. The van der Waals surface area contributed by atoms with Crippen LogP contribution in [0.15, 0.2) is 78.9 Å². The number of nitro groups is 1. The monoisotopic (exact) mass is 415 g/mol. The highest BCUT2D eigenvalue weighted by atomic mass is 32.1. The number of rotatable bonds is 5. The summed E-state index contributed by atoms with van der Waals surface area (Å²) in [5.41, 5.74) is 3.06. The molecule has 1 heterocycles. The second-order valence-corrected chi connectivity index (χ2v) is 7.62. The molecule has 0 bridgehead atoms. The Kier molecular flexibility index (Phi) is 5.36. The lowest BCUT2D eigenvalue weighted by Crippen LogP contribution is -2.24. The molecular weight excluding hydrogens is 398 g/mol. The summed E-state index contributed by atoms with van der Waals surface area (Å²) in [6.45, 7) is 1.94. The molecular formula is C23H17N3O3S. The fourth-order valence-corrected chi connectivity index (χ4v) is 4.06. The Labute approximate surface area is 176 Å². The zero-order valence-electron chi connectivity index (χ0n) is 16.1. The van der Waals surface area contributed by atoms with Gasteiger partial charge in [-0.2, -0.15) is 0 Å². The molecule has 1 amide bonds. The average molecular weight is 415 g/mol. The van der Waals surface area contributed by atoms with Gasteiger partial charge in [-0.25, -0.2) is 4.98 Å². The van der Waals surface area contributed by atoms with Gasteiger partial charge in [0, 0.05) is 18.2 Å². The van der Waals surface area contributed by atoms with Crippen LogP contribution < -0.4 is 4.90 Å². The van der Waals surface area contributed by atoms with E-state index in [-0.39, 0.29) is 11.6 Å². The predicted octanol–water partition coefficient (Wildman–Crippen LogP) is 5.89. The van der Waals surface area contributed by atoms with Gasteiger partial charge in [0.25, 0.3) is 11.6 Å². The number of thiazole rings is 1. The fourth-order valence-electron chi connectivity index (χ4n) is 3.07. The minimum absolute atomic E-state index is 0.0217. The standard InChI is InChI=1S/C23H17N3O3S/c1-16-7-2-4-11-20(16)25(23-24-19-10-3-5-12-21(19)30-23)22(27)14-13-17-8-6-9-18(15-17)26(28)29/h2-15H,1H3/b14-13+. The molecule has 0 fully saturated rings. The van der Waals surface area contributed by atoms with Crippen LogP contribution >= 0.6 is 11.3 Å². The van der Waals surface area contributed by atoms with Crippen LogP contribution in [0.3, 0.4) is 0 Å². The largest absolute Gasteiger partial charge is 0.270 e. The molecule has 0 aliphatic carbocycles. The number of benzene rings is 3. The summed E-state index contributed by atoms with van der Waals surface area (Å²) >= 11 is 1.44. The van der Waals surface area contributed by atoms with Gasteiger partial charge in [-0.15, -0.1) is 0 Å². The van der Waals surface area contributed by atoms with E-state index in [0.29, 0.717) is 10.7 Å². The van der Waals surface area contributed by atoms with Gasteiger partial charge in [0.15, 0.2) is 5.13 Å². The third-order valence-electron chi connectivity index (χ3n) is 4.55. The number of fused-ring (bicyclic) bond motifs is 1. The Balaban J connectivity index is 1.74. The van der Waals surface area contributed by atoms with Gasteiger partial charge >= 0.3 is 0 Å². The number of nitrogens with zero attached hydrogens (tertiary/aromatic N) is 3. The first-order valence-electron chi connectivity index (χ1n) is 9.21. The van der Waals surface area contributed by atoms with Crippen molar-refractivity contribution in [2.24, 2.45) is 0 Å². The van der Waals surface area contributed by atoms with Crippen LogP contribution in [0.1, 0.15) is 11.1 Å². The van der Waals surface area contributed by atoms with Crippen LogP contribution in [0.25, 0.3) is 16.3 Å². The predicted molar refractivity (Wildman–Crippen MR) is 120 cm³/mol. The van der Waals surface area contributed by atoms with Gasteiger partial charge in [0.1, 0.15) is 0 Å². The van der Waals surface area contributed by atoms with Gasteiger partial charge in [-0.1, -0.05) is 53.8 Å². The van der Waals surface area contributed by atoms with Crippen molar-refractivity contribution < 1.29 is 9.72 Å². The third-order valence-corrected chi connectivity index (χ3v) is 5.57. The third kappa shape index (κ3) is 3.97. The van der Waals surface area contributed by atoms with E-state index < -0.39 is 4.92 Å². The maximum Gasteiger partial charge on any atom is 0.270 e. The molecule has 7 heteroatoms. The maximum atomic E-state index is 13.2. The number of aryl methyl sites for hydroxylation is 1. The van der Waals surface area contributed by atoms with Crippen molar-refractivity contribution in [3.63, 3.8) is 0 Å². The highest BCUT2D eigenvalue weighted by Gasteiger charge is 2.21. The van der Waals surface area contributed by atoms with E-state index in [1.54, 1.807) is 23.1 Å². The first-order chi connectivity index (χ1) is 14.5. The van der Waals surface area contributed by atoms with Crippen LogP contribution in [0.2, 0.25) is 0 Å². The summed E-state index contributed by atoms with van der Waals surface area (Å²) in [5, 5.41) is 11.6. The summed E-state index contributed by atoms with van der Waals surface area (Å²) in [7, 11) is 0. The van der Waals surface area contributed by atoms with E-state index in [2.05, 4.69) is 4.98 Å². The second-order valence-electron chi connectivity index (χ2n) is 6.61. The number of amides is 1. The molecule has 0 aliphatic heterocycles.